The van der Waals surface area contributed by atoms with Gasteiger partial charge in [0.05, 0.1) is 12.1 Å². The van der Waals surface area contributed by atoms with Crippen LogP contribution in [0, 0.1) is 12.7 Å². The van der Waals surface area contributed by atoms with E-state index in [1.807, 2.05) is 0 Å². The number of rotatable bonds is 2. The van der Waals surface area contributed by atoms with Gasteiger partial charge >= 0.3 is 12.1 Å². The zero-order valence-corrected chi connectivity index (χ0v) is 17.5. The largest absolute Gasteiger partial charge is 0.462 e. The quantitative estimate of drug-likeness (QED) is 0.434. The summed E-state index contributed by atoms with van der Waals surface area (Å²) in [6.45, 7) is 4.67. The topological polar surface area (TPSA) is 63.9 Å². The summed E-state index contributed by atoms with van der Waals surface area (Å²) in [4.78, 5) is 30.4. The van der Waals surface area contributed by atoms with Crippen LogP contribution in [-0.4, -0.2) is 44.9 Å². The molecule has 1 aliphatic heterocycles. The third-order valence-corrected chi connectivity index (χ3v) is 5.63. The number of cyclic esters (lactones) is 1. The van der Waals surface area contributed by atoms with E-state index in [0.717, 1.165) is 18.2 Å². The fourth-order valence-electron chi connectivity index (χ4n) is 3.79. The number of alkyl halides is 3. The molecule has 0 saturated carbocycles. The molecule has 0 bridgehead atoms. The Bertz CT molecular complexity index is 1230. The van der Waals surface area contributed by atoms with Gasteiger partial charge in [-0.1, -0.05) is 12.1 Å². The van der Waals surface area contributed by atoms with Crippen molar-refractivity contribution in [1.29, 1.82) is 0 Å². The van der Waals surface area contributed by atoms with Crippen LogP contribution in [0.4, 0.5) is 17.6 Å². The molecule has 4 rings (SSSR count). The van der Waals surface area contributed by atoms with Gasteiger partial charge in [0, 0.05) is 17.5 Å². The fraction of sp³-hybridized carbons (Fsp3) is 0.318. The van der Waals surface area contributed by atoms with Crippen molar-refractivity contribution in [2.75, 3.05) is 13.2 Å². The summed E-state index contributed by atoms with van der Waals surface area (Å²) in [6, 6.07) is 6.03. The molecule has 6 nitrogen and oxygen atoms in total. The van der Waals surface area contributed by atoms with Crippen LogP contribution in [0.15, 0.2) is 36.5 Å². The van der Waals surface area contributed by atoms with Gasteiger partial charge in [0.25, 0.3) is 5.91 Å². The summed E-state index contributed by atoms with van der Waals surface area (Å²) in [7, 11) is 0. The highest BCUT2D eigenvalue weighted by molar-refractivity contribution is 5.97. The van der Waals surface area contributed by atoms with E-state index >= 15 is 0 Å². The standard InChI is InChI=1S/C22H19F4N3O3/c1-12-15(13-4-6-14(23)7-5-13)10-16(22(24,25)26)18-27-17(11-28(12)18)19(30)29-8-9-32-20(31)21(29,2)3/h4-7,10-11H,8-9H2,1-3H3. The molecule has 2 aromatic heterocycles. The van der Waals surface area contributed by atoms with Crippen LogP contribution >= 0.6 is 0 Å². The summed E-state index contributed by atoms with van der Waals surface area (Å²) >= 11 is 0. The predicted molar refractivity (Wildman–Crippen MR) is 106 cm³/mol. The number of carbonyl (C=O) groups is 2. The number of ether oxygens (including phenoxy) is 1. The smallest absolute Gasteiger partial charge is 0.420 e. The number of benzene rings is 1. The third-order valence-electron chi connectivity index (χ3n) is 5.63. The Morgan fingerprint density at radius 2 is 1.84 bits per heavy atom. The van der Waals surface area contributed by atoms with Gasteiger partial charge in [-0.15, -0.1) is 0 Å². The molecule has 32 heavy (non-hydrogen) atoms. The van der Waals surface area contributed by atoms with Crippen LogP contribution in [0.5, 0.6) is 0 Å². The van der Waals surface area contributed by atoms with Crippen molar-refractivity contribution in [1.82, 2.24) is 14.3 Å². The Hall–Kier alpha value is -3.43. The van der Waals surface area contributed by atoms with Crippen molar-refractivity contribution in [2.24, 2.45) is 0 Å². The highest BCUT2D eigenvalue weighted by atomic mass is 19.4. The Labute approximate surface area is 180 Å². The van der Waals surface area contributed by atoms with E-state index in [4.69, 9.17) is 4.74 Å². The lowest BCUT2D eigenvalue weighted by atomic mass is 10.0. The minimum Gasteiger partial charge on any atom is -0.462 e. The van der Waals surface area contributed by atoms with Gasteiger partial charge in [0.15, 0.2) is 0 Å². The lowest BCUT2D eigenvalue weighted by molar-refractivity contribution is -0.162. The van der Waals surface area contributed by atoms with Gasteiger partial charge in [-0.25, -0.2) is 14.2 Å². The number of aryl methyl sites for hydroxylation is 1. The van der Waals surface area contributed by atoms with E-state index in [2.05, 4.69) is 4.98 Å². The average molecular weight is 449 g/mol. The van der Waals surface area contributed by atoms with Gasteiger partial charge in [0.1, 0.15) is 29.3 Å². The Morgan fingerprint density at radius 3 is 2.47 bits per heavy atom. The number of carbonyl (C=O) groups excluding carboxylic acids is 2. The van der Waals surface area contributed by atoms with E-state index in [9.17, 15) is 27.2 Å². The first-order valence-corrected chi connectivity index (χ1v) is 9.76. The summed E-state index contributed by atoms with van der Waals surface area (Å²) in [5.41, 5.74) is -1.96. The number of aromatic nitrogens is 2. The Kier molecular flexibility index (Phi) is 4.98. The number of imidazole rings is 1. The van der Waals surface area contributed by atoms with E-state index < -0.39 is 40.6 Å². The number of pyridine rings is 1. The lowest BCUT2D eigenvalue weighted by Gasteiger charge is -2.39. The van der Waals surface area contributed by atoms with Crippen molar-refractivity contribution in [3.8, 4) is 11.1 Å². The first-order valence-electron chi connectivity index (χ1n) is 9.76. The maximum absolute atomic E-state index is 13.9. The number of halogens is 4. The number of nitrogens with zero attached hydrogens (tertiary/aromatic N) is 3. The molecule has 0 aliphatic carbocycles. The van der Waals surface area contributed by atoms with Crippen molar-refractivity contribution < 1.29 is 31.9 Å². The molecule has 1 fully saturated rings. The second-order valence-electron chi connectivity index (χ2n) is 8.03. The van der Waals surface area contributed by atoms with Crippen molar-refractivity contribution >= 4 is 17.5 Å². The molecule has 3 aromatic rings. The van der Waals surface area contributed by atoms with Gasteiger partial charge in [0.2, 0.25) is 0 Å². The Balaban J connectivity index is 1.89. The molecule has 3 heterocycles. The van der Waals surface area contributed by atoms with Crippen LogP contribution in [0.2, 0.25) is 0 Å². The number of hydrogen-bond acceptors (Lipinski definition) is 4. The normalized spacial score (nSPS) is 16.3. The zero-order chi connectivity index (χ0) is 23.4. The molecule has 1 amide bonds. The Morgan fingerprint density at radius 1 is 1.19 bits per heavy atom. The van der Waals surface area contributed by atoms with Gasteiger partial charge < -0.3 is 14.0 Å². The van der Waals surface area contributed by atoms with E-state index in [1.54, 1.807) is 6.92 Å². The van der Waals surface area contributed by atoms with Crippen LogP contribution in [0.25, 0.3) is 16.8 Å². The molecule has 1 aliphatic rings. The van der Waals surface area contributed by atoms with Crippen molar-refractivity contribution in [3.05, 3.63) is 59.3 Å². The van der Waals surface area contributed by atoms with E-state index in [1.165, 1.54) is 41.5 Å². The summed E-state index contributed by atoms with van der Waals surface area (Å²) in [6.07, 6.45) is -3.52. The average Bonchev–Trinajstić information content (AvgIpc) is 3.15. The molecule has 1 aromatic carbocycles. The number of esters is 1. The minimum absolute atomic E-state index is 0.0110. The zero-order valence-electron chi connectivity index (χ0n) is 17.5. The van der Waals surface area contributed by atoms with Gasteiger partial charge in [-0.2, -0.15) is 13.2 Å². The van der Waals surface area contributed by atoms with E-state index in [-0.39, 0.29) is 24.4 Å². The lowest BCUT2D eigenvalue weighted by Crippen LogP contribution is -2.58. The molecular formula is C22H19F4N3O3. The predicted octanol–water partition coefficient (Wildman–Crippen LogP) is 4.25. The molecule has 168 valence electrons. The highest BCUT2D eigenvalue weighted by Crippen LogP contribution is 2.37. The van der Waals surface area contributed by atoms with Crippen LogP contribution in [0.3, 0.4) is 0 Å². The van der Waals surface area contributed by atoms with E-state index in [0.29, 0.717) is 11.3 Å². The minimum atomic E-state index is -4.75. The molecule has 0 spiro atoms. The monoisotopic (exact) mass is 449 g/mol. The number of hydrogen-bond donors (Lipinski definition) is 0. The first kappa shape index (κ1) is 21.8. The highest BCUT2D eigenvalue weighted by Gasteiger charge is 2.43. The molecule has 0 radical (unpaired) electrons. The molecule has 10 heteroatoms. The van der Waals surface area contributed by atoms with Crippen molar-refractivity contribution in [2.45, 2.75) is 32.5 Å². The second-order valence-corrected chi connectivity index (χ2v) is 8.03. The van der Waals surface area contributed by atoms with Crippen LogP contribution in [-0.2, 0) is 15.7 Å². The second kappa shape index (κ2) is 7.32. The molecule has 0 N–H and O–H groups in total. The van der Waals surface area contributed by atoms with Crippen LogP contribution < -0.4 is 0 Å². The number of morpholine rings is 1. The summed E-state index contributed by atoms with van der Waals surface area (Å²) < 4.78 is 61.1. The third kappa shape index (κ3) is 3.49. The summed E-state index contributed by atoms with van der Waals surface area (Å²) in [5.74, 6) is -1.79. The van der Waals surface area contributed by atoms with Crippen LogP contribution in [0.1, 0.15) is 35.6 Å². The summed E-state index contributed by atoms with van der Waals surface area (Å²) in [5, 5.41) is 0. The fourth-order valence-corrected chi connectivity index (χ4v) is 3.79. The first-order chi connectivity index (χ1) is 14.9. The molecular weight excluding hydrogens is 430 g/mol. The van der Waals surface area contributed by atoms with Gasteiger partial charge in [-0.3, -0.25) is 4.79 Å². The maximum atomic E-state index is 13.9. The molecule has 0 atom stereocenters. The molecule has 0 unspecified atom stereocenters. The SMILES string of the molecule is Cc1c(-c2ccc(F)cc2)cc(C(F)(F)F)c2nc(C(=O)N3CCOC(=O)C3(C)C)cn12. The maximum Gasteiger partial charge on any atom is 0.420 e. The molecule has 1 saturated heterocycles. The van der Waals surface area contributed by atoms with Gasteiger partial charge in [-0.05, 0) is 44.5 Å². The number of fused-ring (bicyclic) bond motifs is 1. The van der Waals surface area contributed by atoms with Crippen molar-refractivity contribution in [3.63, 3.8) is 0 Å². The number of amides is 1.